The van der Waals surface area contributed by atoms with E-state index in [1.165, 1.54) is 6.07 Å². The van der Waals surface area contributed by atoms with E-state index in [2.05, 4.69) is 35.1 Å². The molecule has 1 spiro atoms. The van der Waals surface area contributed by atoms with E-state index in [0.717, 1.165) is 25.7 Å². The number of carbonyl (C=O) groups is 1. The lowest BCUT2D eigenvalue weighted by Crippen LogP contribution is -2.58. The fourth-order valence-corrected chi connectivity index (χ4v) is 4.39. The number of pyridine rings is 1. The van der Waals surface area contributed by atoms with Crippen molar-refractivity contribution in [1.29, 1.82) is 0 Å². The predicted octanol–water partition coefficient (Wildman–Crippen LogP) is 3.26. The quantitative estimate of drug-likeness (QED) is 0.773. The van der Waals surface area contributed by atoms with Crippen LogP contribution in [0.3, 0.4) is 0 Å². The van der Waals surface area contributed by atoms with Crippen molar-refractivity contribution >= 4 is 33.4 Å². The van der Waals surface area contributed by atoms with Gasteiger partial charge in [0.25, 0.3) is 11.5 Å². The summed E-state index contributed by atoms with van der Waals surface area (Å²) >= 11 is 9.44. The zero-order valence-electron chi connectivity index (χ0n) is 11.4. The molecule has 1 unspecified atom stereocenters. The molecule has 1 atom stereocenters. The first-order valence-electron chi connectivity index (χ1n) is 6.74. The van der Waals surface area contributed by atoms with E-state index in [1.54, 1.807) is 4.57 Å². The lowest BCUT2D eigenvalue weighted by atomic mass is 9.68. The maximum absolute atomic E-state index is 12.6. The molecule has 1 aromatic rings. The molecule has 1 aromatic heterocycles. The molecule has 1 saturated carbocycles. The highest BCUT2D eigenvalue weighted by atomic mass is 79.9. The van der Waals surface area contributed by atoms with Crippen LogP contribution in [-0.2, 0) is 5.66 Å². The second kappa shape index (κ2) is 4.34. The van der Waals surface area contributed by atoms with Crippen molar-refractivity contribution < 1.29 is 4.79 Å². The van der Waals surface area contributed by atoms with Gasteiger partial charge in [0.2, 0.25) is 0 Å². The van der Waals surface area contributed by atoms with Gasteiger partial charge in [0, 0.05) is 5.41 Å². The van der Waals surface area contributed by atoms with E-state index in [-0.39, 0.29) is 22.6 Å². The Morgan fingerprint density at radius 2 is 1.95 bits per heavy atom. The first kappa shape index (κ1) is 14.1. The van der Waals surface area contributed by atoms with Crippen molar-refractivity contribution in [1.82, 2.24) is 9.88 Å². The smallest absolute Gasteiger partial charge is 0.271 e. The predicted molar refractivity (Wildman–Crippen MR) is 81.1 cm³/mol. The molecule has 2 heterocycles. The topological polar surface area (TPSA) is 51.1 Å². The van der Waals surface area contributed by atoms with Crippen LogP contribution in [0.4, 0.5) is 0 Å². The Balaban J connectivity index is 2.36. The third-order valence-electron chi connectivity index (χ3n) is 4.74. The molecule has 1 fully saturated rings. The molecule has 2 aliphatic rings. The number of fused-ring (bicyclic) bond motifs is 2. The van der Waals surface area contributed by atoms with Gasteiger partial charge < -0.3 is 5.32 Å². The van der Waals surface area contributed by atoms with Gasteiger partial charge in [0.05, 0.1) is 9.50 Å². The SMILES string of the molecule is CC1(C)CCCCC12NC(=O)c1c(Cl)cc(Br)c(=O)n12. The van der Waals surface area contributed by atoms with E-state index in [4.69, 9.17) is 11.6 Å². The number of hydrogen-bond acceptors (Lipinski definition) is 2. The maximum atomic E-state index is 12.6. The van der Waals surface area contributed by atoms with Crippen molar-refractivity contribution in [3.05, 3.63) is 31.6 Å². The minimum atomic E-state index is -0.665. The van der Waals surface area contributed by atoms with Crippen LogP contribution in [0.2, 0.25) is 5.02 Å². The Hall–Kier alpha value is -0.810. The van der Waals surface area contributed by atoms with Crippen molar-refractivity contribution in [2.45, 2.75) is 45.2 Å². The van der Waals surface area contributed by atoms with Gasteiger partial charge in [0.1, 0.15) is 11.4 Å². The van der Waals surface area contributed by atoms with E-state index in [9.17, 15) is 9.59 Å². The number of aromatic nitrogens is 1. The molecule has 4 nitrogen and oxygen atoms in total. The molecule has 0 radical (unpaired) electrons. The van der Waals surface area contributed by atoms with Crippen molar-refractivity contribution in [2.24, 2.45) is 5.41 Å². The summed E-state index contributed by atoms with van der Waals surface area (Å²) in [5.41, 5.74) is -0.769. The lowest BCUT2D eigenvalue weighted by Gasteiger charge is -2.48. The van der Waals surface area contributed by atoms with Gasteiger partial charge in [-0.3, -0.25) is 14.2 Å². The van der Waals surface area contributed by atoms with Crippen LogP contribution in [0.1, 0.15) is 50.0 Å². The van der Waals surface area contributed by atoms with E-state index >= 15 is 0 Å². The number of nitrogens with one attached hydrogen (secondary N) is 1. The maximum Gasteiger partial charge on any atom is 0.271 e. The number of halogens is 2. The highest BCUT2D eigenvalue weighted by Crippen LogP contribution is 2.49. The van der Waals surface area contributed by atoms with Gasteiger partial charge in [-0.15, -0.1) is 0 Å². The van der Waals surface area contributed by atoms with Gasteiger partial charge in [-0.1, -0.05) is 31.9 Å². The van der Waals surface area contributed by atoms with Crippen LogP contribution in [-0.4, -0.2) is 10.5 Å². The van der Waals surface area contributed by atoms with Crippen LogP contribution in [0, 0.1) is 5.41 Å². The third kappa shape index (κ3) is 1.65. The van der Waals surface area contributed by atoms with Crippen LogP contribution in [0.25, 0.3) is 0 Å². The summed E-state index contributed by atoms with van der Waals surface area (Å²) in [5, 5.41) is 3.36. The first-order chi connectivity index (χ1) is 9.30. The third-order valence-corrected chi connectivity index (χ3v) is 5.59. The van der Waals surface area contributed by atoms with Crippen LogP contribution < -0.4 is 10.9 Å². The minimum Gasteiger partial charge on any atom is -0.327 e. The minimum absolute atomic E-state index is 0.194. The van der Waals surface area contributed by atoms with Gasteiger partial charge in [0.15, 0.2) is 0 Å². The van der Waals surface area contributed by atoms with Crippen molar-refractivity contribution in [3.8, 4) is 0 Å². The Bertz CT molecular complexity index is 668. The van der Waals surface area contributed by atoms with Gasteiger partial charge in [-0.2, -0.15) is 0 Å². The summed E-state index contributed by atoms with van der Waals surface area (Å²) in [4.78, 5) is 24.9. The number of nitrogens with zero attached hydrogens (tertiary/aromatic N) is 1. The van der Waals surface area contributed by atoms with Crippen LogP contribution >= 0.6 is 27.5 Å². The second-order valence-corrected chi connectivity index (χ2v) is 7.50. The number of hydrogen-bond donors (Lipinski definition) is 1. The van der Waals surface area contributed by atoms with Crippen molar-refractivity contribution in [3.63, 3.8) is 0 Å². The Morgan fingerprint density at radius 1 is 1.30 bits per heavy atom. The molecule has 1 aliphatic heterocycles. The normalized spacial score (nSPS) is 27.5. The van der Waals surface area contributed by atoms with Crippen molar-refractivity contribution in [2.75, 3.05) is 0 Å². The monoisotopic (exact) mass is 358 g/mol. The fourth-order valence-electron chi connectivity index (χ4n) is 3.57. The Kier molecular flexibility index (Phi) is 3.07. The summed E-state index contributed by atoms with van der Waals surface area (Å²) < 4.78 is 1.98. The van der Waals surface area contributed by atoms with Crippen LogP contribution in [0.15, 0.2) is 15.3 Å². The van der Waals surface area contributed by atoms with E-state index in [1.807, 2.05) is 0 Å². The van der Waals surface area contributed by atoms with Gasteiger partial charge in [-0.05, 0) is 41.3 Å². The number of rotatable bonds is 0. The Labute approximate surface area is 130 Å². The summed E-state index contributed by atoms with van der Waals surface area (Å²) in [6.07, 6.45) is 3.81. The molecular formula is C14H16BrClN2O2. The number of carbonyl (C=O) groups excluding carboxylic acids is 1. The molecule has 1 amide bonds. The highest BCUT2D eigenvalue weighted by Gasteiger charge is 2.55. The molecule has 0 bridgehead atoms. The van der Waals surface area contributed by atoms with Gasteiger partial charge >= 0.3 is 0 Å². The summed E-state index contributed by atoms with van der Waals surface area (Å²) in [5.74, 6) is -0.255. The summed E-state index contributed by atoms with van der Waals surface area (Å²) in [6, 6.07) is 1.50. The largest absolute Gasteiger partial charge is 0.327 e. The fraction of sp³-hybridized carbons (Fsp3) is 0.571. The van der Waals surface area contributed by atoms with Crippen LogP contribution in [0.5, 0.6) is 0 Å². The van der Waals surface area contributed by atoms with Gasteiger partial charge in [-0.25, -0.2) is 0 Å². The average molecular weight is 360 g/mol. The molecule has 3 rings (SSSR count). The molecule has 108 valence electrons. The number of amides is 1. The standard InChI is InChI=1S/C14H16BrClN2O2/c1-13(2)5-3-4-6-14(13)17-11(19)10-9(16)7-8(15)12(20)18(10)14/h7H,3-6H2,1-2H3,(H,17,19). The first-order valence-corrected chi connectivity index (χ1v) is 7.91. The molecule has 20 heavy (non-hydrogen) atoms. The summed E-state index contributed by atoms with van der Waals surface area (Å²) in [6.45, 7) is 4.20. The summed E-state index contributed by atoms with van der Waals surface area (Å²) in [7, 11) is 0. The zero-order chi connectivity index (χ0) is 14.7. The molecule has 1 N–H and O–H groups in total. The Morgan fingerprint density at radius 3 is 2.60 bits per heavy atom. The molecule has 0 saturated heterocycles. The molecular weight excluding hydrogens is 344 g/mol. The molecule has 6 heteroatoms. The molecule has 0 aromatic carbocycles. The van der Waals surface area contributed by atoms with E-state index in [0.29, 0.717) is 9.50 Å². The zero-order valence-corrected chi connectivity index (χ0v) is 13.8. The highest BCUT2D eigenvalue weighted by molar-refractivity contribution is 9.10. The lowest BCUT2D eigenvalue weighted by molar-refractivity contribution is 0.00973. The average Bonchev–Trinajstić information content (AvgIpc) is 2.65. The van der Waals surface area contributed by atoms with E-state index < -0.39 is 5.66 Å². The second-order valence-electron chi connectivity index (χ2n) is 6.23. The molecule has 1 aliphatic carbocycles.